The SMILES string of the molecule is OC1=c2scc[n+]2=CCC1Br. The zero-order chi connectivity index (χ0) is 7.84. The lowest BCUT2D eigenvalue weighted by atomic mass is 10.2. The highest BCUT2D eigenvalue weighted by Crippen LogP contribution is 2.14. The Balaban J connectivity index is 2.82. The average Bonchev–Trinajstić information content (AvgIpc) is 2.45. The van der Waals surface area contributed by atoms with E-state index in [1.807, 2.05) is 15.8 Å². The second-order valence-electron chi connectivity index (χ2n) is 2.39. The first kappa shape index (κ1) is 7.31. The number of nitrogens with zero attached hydrogens (tertiary/aromatic N) is 1. The molecule has 1 aromatic heterocycles. The number of halogens is 1. The monoisotopic (exact) mass is 232 g/mol. The third-order valence-corrected chi connectivity index (χ3v) is 3.37. The Morgan fingerprint density at radius 2 is 2.55 bits per heavy atom. The lowest BCUT2D eigenvalue weighted by Crippen LogP contribution is -2.39. The van der Waals surface area contributed by atoms with Crippen LogP contribution in [0.5, 0.6) is 0 Å². The zero-order valence-electron chi connectivity index (χ0n) is 5.70. The van der Waals surface area contributed by atoms with E-state index in [9.17, 15) is 5.11 Å². The molecule has 0 fully saturated rings. The van der Waals surface area contributed by atoms with Gasteiger partial charge >= 0.3 is 4.66 Å². The highest BCUT2D eigenvalue weighted by Gasteiger charge is 2.19. The molecule has 0 spiro atoms. The maximum absolute atomic E-state index is 9.56. The van der Waals surface area contributed by atoms with Crippen molar-refractivity contribution in [3.8, 4) is 0 Å². The Morgan fingerprint density at radius 1 is 1.73 bits per heavy atom. The molecule has 2 rings (SSSR count). The molecule has 1 aromatic rings. The number of aliphatic hydroxyl groups is 1. The Labute approximate surface area is 76.3 Å². The van der Waals surface area contributed by atoms with Gasteiger partial charge in [0.15, 0.2) is 18.2 Å². The van der Waals surface area contributed by atoms with Crippen molar-refractivity contribution in [1.29, 1.82) is 0 Å². The molecule has 1 aliphatic rings. The molecule has 11 heavy (non-hydrogen) atoms. The van der Waals surface area contributed by atoms with Gasteiger partial charge in [-0.25, -0.2) is 0 Å². The Morgan fingerprint density at radius 3 is 3.36 bits per heavy atom. The lowest BCUT2D eigenvalue weighted by molar-refractivity contribution is -0.522. The standard InChI is InChI=1S/C7H6BrNOS/c8-5-1-2-9-3-4-11-7(9)6(5)10/h2-5H,1H2/p+1. The number of rotatable bonds is 0. The third-order valence-electron chi connectivity index (χ3n) is 1.66. The summed E-state index contributed by atoms with van der Waals surface area (Å²) >= 11 is 4.94. The van der Waals surface area contributed by atoms with Crippen molar-refractivity contribution >= 4 is 33.0 Å². The fourth-order valence-corrected chi connectivity index (χ4v) is 2.45. The van der Waals surface area contributed by atoms with Crippen LogP contribution >= 0.6 is 27.3 Å². The van der Waals surface area contributed by atoms with Crippen LogP contribution in [0.25, 0.3) is 5.76 Å². The quantitative estimate of drug-likeness (QED) is 0.522. The van der Waals surface area contributed by atoms with Gasteiger partial charge < -0.3 is 5.11 Å². The van der Waals surface area contributed by atoms with Crippen molar-refractivity contribution in [1.82, 2.24) is 0 Å². The molecule has 58 valence electrons. The second-order valence-corrected chi connectivity index (χ2v) is 4.39. The van der Waals surface area contributed by atoms with Gasteiger partial charge in [-0.05, 0) is 0 Å². The van der Waals surface area contributed by atoms with Gasteiger partial charge in [0.05, 0.1) is 10.2 Å². The van der Waals surface area contributed by atoms with Crippen molar-refractivity contribution in [3.63, 3.8) is 0 Å². The van der Waals surface area contributed by atoms with Gasteiger partial charge in [0.25, 0.3) is 0 Å². The van der Waals surface area contributed by atoms with E-state index >= 15 is 0 Å². The molecule has 0 amide bonds. The average molecular weight is 233 g/mol. The number of alkyl halides is 1. The molecule has 0 bridgehead atoms. The first-order valence-corrected chi connectivity index (χ1v) is 5.11. The molecule has 1 N–H and O–H groups in total. The molecule has 0 saturated carbocycles. The number of aliphatic hydroxyl groups excluding tert-OH is 1. The first-order valence-electron chi connectivity index (χ1n) is 3.31. The van der Waals surface area contributed by atoms with Crippen molar-refractivity contribution in [2.24, 2.45) is 0 Å². The molecule has 1 atom stereocenters. The number of aromatic nitrogens is 1. The van der Waals surface area contributed by atoms with Gasteiger partial charge in [-0.1, -0.05) is 27.3 Å². The minimum atomic E-state index is 0.0983. The Kier molecular flexibility index (Phi) is 1.73. The van der Waals surface area contributed by atoms with E-state index in [1.54, 1.807) is 11.3 Å². The molecule has 2 heterocycles. The minimum absolute atomic E-state index is 0.0983. The van der Waals surface area contributed by atoms with Gasteiger partial charge in [0, 0.05) is 6.42 Å². The topological polar surface area (TPSA) is 26.1 Å². The fraction of sp³-hybridized carbons (Fsp3) is 0.286. The zero-order valence-corrected chi connectivity index (χ0v) is 8.10. The van der Waals surface area contributed by atoms with Crippen molar-refractivity contribution in [2.75, 3.05) is 0 Å². The van der Waals surface area contributed by atoms with E-state index in [0.717, 1.165) is 11.1 Å². The number of hydrogen-bond acceptors (Lipinski definition) is 2. The second kappa shape index (κ2) is 2.60. The van der Waals surface area contributed by atoms with E-state index in [-0.39, 0.29) is 4.83 Å². The van der Waals surface area contributed by atoms with E-state index in [4.69, 9.17) is 0 Å². The van der Waals surface area contributed by atoms with Crippen LogP contribution in [0.1, 0.15) is 6.42 Å². The predicted octanol–water partition coefficient (Wildman–Crippen LogP) is 0.879. The van der Waals surface area contributed by atoms with Gasteiger partial charge in [0.1, 0.15) is 0 Å². The van der Waals surface area contributed by atoms with Crippen LogP contribution in [0.2, 0.25) is 0 Å². The largest absolute Gasteiger partial charge is 0.504 e. The van der Waals surface area contributed by atoms with Gasteiger partial charge in [-0.15, -0.1) is 0 Å². The van der Waals surface area contributed by atoms with Crippen molar-refractivity contribution in [3.05, 3.63) is 22.5 Å². The smallest absolute Gasteiger partial charge is 0.305 e. The molecular formula is C7H7BrNOS+. The maximum Gasteiger partial charge on any atom is 0.305 e. The third kappa shape index (κ3) is 1.10. The van der Waals surface area contributed by atoms with E-state index in [0.29, 0.717) is 5.76 Å². The van der Waals surface area contributed by atoms with Crippen LogP contribution in [0.15, 0.2) is 11.6 Å². The summed E-state index contributed by atoms with van der Waals surface area (Å²) in [5, 5.41) is 11.5. The minimum Gasteiger partial charge on any atom is -0.504 e. The van der Waals surface area contributed by atoms with Crippen LogP contribution in [0.3, 0.4) is 0 Å². The highest BCUT2D eigenvalue weighted by atomic mass is 79.9. The van der Waals surface area contributed by atoms with E-state index in [1.165, 1.54) is 0 Å². The van der Waals surface area contributed by atoms with Gasteiger partial charge in [0.2, 0.25) is 0 Å². The molecule has 0 aliphatic carbocycles. The van der Waals surface area contributed by atoms with Crippen LogP contribution < -0.4 is 8.91 Å². The molecule has 1 unspecified atom stereocenters. The fourth-order valence-electron chi connectivity index (χ4n) is 1.08. The van der Waals surface area contributed by atoms with Crippen LogP contribution in [0, 0.1) is 6.21 Å². The Hall–Kier alpha value is -0.350. The molecule has 1 aliphatic heterocycles. The summed E-state index contributed by atoms with van der Waals surface area (Å²) in [6, 6.07) is 0. The van der Waals surface area contributed by atoms with Crippen LogP contribution in [-0.4, -0.2) is 9.93 Å². The van der Waals surface area contributed by atoms with E-state index < -0.39 is 0 Å². The normalized spacial score (nSPS) is 22.6. The number of thiazole rings is 1. The molecule has 0 aromatic carbocycles. The summed E-state index contributed by atoms with van der Waals surface area (Å²) in [6.45, 7) is 0. The molecule has 2 nitrogen and oxygen atoms in total. The maximum atomic E-state index is 9.56. The summed E-state index contributed by atoms with van der Waals surface area (Å²) in [5.41, 5.74) is 0. The number of hydrogen-bond donors (Lipinski definition) is 1. The highest BCUT2D eigenvalue weighted by molar-refractivity contribution is 9.09. The lowest BCUT2D eigenvalue weighted by Gasteiger charge is -2.02. The first-order chi connectivity index (χ1) is 5.29. The summed E-state index contributed by atoms with van der Waals surface area (Å²) in [5.74, 6) is 0.447. The van der Waals surface area contributed by atoms with Crippen molar-refractivity contribution in [2.45, 2.75) is 11.2 Å². The van der Waals surface area contributed by atoms with Gasteiger partial charge in [-0.3, -0.25) is 0 Å². The van der Waals surface area contributed by atoms with Crippen LogP contribution in [-0.2, 0) is 0 Å². The summed E-state index contributed by atoms with van der Waals surface area (Å²) in [6.07, 6.45) is 4.86. The molecular weight excluding hydrogens is 226 g/mol. The van der Waals surface area contributed by atoms with E-state index in [2.05, 4.69) is 22.1 Å². The van der Waals surface area contributed by atoms with Crippen molar-refractivity contribution < 1.29 is 9.35 Å². The summed E-state index contributed by atoms with van der Waals surface area (Å²) < 4.78 is 2.88. The van der Waals surface area contributed by atoms with Crippen LogP contribution in [0.4, 0.5) is 0 Å². The molecule has 4 heteroatoms. The van der Waals surface area contributed by atoms with Gasteiger partial charge in [-0.2, -0.15) is 4.24 Å². The summed E-state index contributed by atoms with van der Waals surface area (Å²) in [7, 11) is 0. The Bertz CT molecular complexity index is 383. The predicted molar refractivity (Wildman–Crippen MR) is 47.2 cm³/mol. The summed E-state index contributed by atoms with van der Waals surface area (Å²) in [4.78, 5) is 0.0983. The number of fused-ring (bicyclic) bond motifs is 1. The molecule has 0 radical (unpaired) electrons. The molecule has 0 saturated heterocycles.